The van der Waals surface area contributed by atoms with E-state index in [2.05, 4.69) is 20.5 Å². The Labute approximate surface area is 186 Å². The average Bonchev–Trinajstić information content (AvgIpc) is 3.40. The predicted molar refractivity (Wildman–Crippen MR) is 113 cm³/mol. The van der Waals surface area contributed by atoms with Crippen LogP contribution in [0.4, 0.5) is 10.3 Å². The molecule has 0 aliphatic rings. The van der Waals surface area contributed by atoms with Gasteiger partial charge in [-0.25, -0.2) is 18.7 Å². The van der Waals surface area contributed by atoms with Crippen molar-refractivity contribution in [1.82, 2.24) is 24.5 Å². The molecule has 2 aromatic heterocycles. The lowest BCUT2D eigenvalue weighted by Gasteiger charge is -2.08. The fraction of sp³-hybridized carbons (Fsp3) is 0.100. The molecule has 0 saturated carbocycles. The van der Waals surface area contributed by atoms with Crippen LogP contribution in [0.5, 0.6) is 5.75 Å². The predicted octanol–water partition coefficient (Wildman–Crippen LogP) is 4.26. The van der Waals surface area contributed by atoms with Crippen LogP contribution < -0.4 is 10.1 Å². The minimum absolute atomic E-state index is 0.0396. The molecule has 2 heterocycles. The van der Waals surface area contributed by atoms with Crippen LogP contribution in [0.15, 0.2) is 61.1 Å². The minimum atomic E-state index is -0.473. The first kappa shape index (κ1) is 20.8. The normalized spacial score (nSPS) is 10.8. The van der Waals surface area contributed by atoms with Gasteiger partial charge in [0.2, 0.25) is 5.95 Å². The smallest absolute Gasteiger partial charge is 0.278 e. The standard InChI is InChI=1S/C20H15Cl2FN6O2/c21-15-2-1-3-17(18(15)22)31-12-28-9-8-16(26-28)19(30)25-20-24-11-29(27-20)10-13-4-6-14(23)7-5-13/h1-9,11H,10,12H2,(H,25,27,30). The molecule has 0 bridgehead atoms. The number of rotatable bonds is 7. The van der Waals surface area contributed by atoms with E-state index in [0.717, 1.165) is 5.56 Å². The van der Waals surface area contributed by atoms with Gasteiger partial charge in [0.1, 0.15) is 22.9 Å². The van der Waals surface area contributed by atoms with Gasteiger partial charge in [0.25, 0.3) is 5.91 Å². The largest absolute Gasteiger partial charge is 0.470 e. The van der Waals surface area contributed by atoms with Crippen molar-refractivity contribution < 1.29 is 13.9 Å². The Bertz CT molecular complexity index is 1210. The van der Waals surface area contributed by atoms with Crippen LogP contribution in [0.25, 0.3) is 0 Å². The summed E-state index contributed by atoms with van der Waals surface area (Å²) in [5.41, 5.74) is 1.01. The maximum atomic E-state index is 13.0. The highest BCUT2D eigenvalue weighted by Crippen LogP contribution is 2.31. The summed E-state index contributed by atoms with van der Waals surface area (Å²) in [5, 5.41) is 11.6. The molecule has 158 valence electrons. The molecular weight excluding hydrogens is 446 g/mol. The highest BCUT2D eigenvalue weighted by Gasteiger charge is 2.13. The summed E-state index contributed by atoms with van der Waals surface area (Å²) in [6.07, 6.45) is 3.06. The second-order valence-corrected chi connectivity index (χ2v) is 7.20. The van der Waals surface area contributed by atoms with Crippen LogP contribution in [-0.4, -0.2) is 30.5 Å². The zero-order valence-electron chi connectivity index (χ0n) is 15.9. The summed E-state index contributed by atoms with van der Waals surface area (Å²) in [6.45, 7) is 0.430. The molecule has 1 N–H and O–H groups in total. The second kappa shape index (κ2) is 9.15. The van der Waals surface area contributed by atoms with Crippen molar-refractivity contribution in [2.24, 2.45) is 0 Å². The van der Waals surface area contributed by atoms with Crippen molar-refractivity contribution in [3.63, 3.8) is 0 Å². The Morgan fingerprint density at radius 2 is 1.87 bits per heavy atom. The lowest BCUT2D eigenvalue weighted by Crippen LogP contribution is -2.15. The van der Waals surface area contributed by atoms with Gasteiger partial charge in [-0.3, -0.25) is 10.1 Å². The monoisotopic (exact) mass is 460 g/mol. The number of ether oxygens (including phenoxy) is 1. The number of aromatic nitrogens is 5. The Morgan fingerprint density at radius 1 is 1.06 bits per heavy atom. The fourth-order valence-electron chi connectivity index (χ4n) is 2.66. The number of carbonyl (C=O) groups excluding carboxylic acids is 1. The van der Waals surface area contributed by atoms with Gasteiger partial charge < -0.3 is 4.74 Å². The summed E-state index contributed by atoms with van der Waals surface area (Å²) in [7, 11) is 0. The number of nitrogens with one attached hydrogen (secondary N) is 1. The molecule has 0 aliphatic heterocycles. The van der Waals surface area contributed by atoms with Crippen LogP contribution in [0.1, 0.15) is 16.1 Å². The van der Waals surface area contributed by atoms with Crippen molar-refractivity contribution in [3.05, 3.63) is 88.2 Å². The summed E-state index contributed by atoms with van der Waals surface area (Å²) in [6, 6.07) is 12.6. The van der Waals surface area contributed by atoms with Crippen LogP contribution in [0.2, 0.25) is 10.0 Å². The summed E-state index contributed by atoms with van der Waals surface area (Å²) < 4.78 is 21.5. The molecule has 0 radical (unpaired) electrons. The average molecular weight is 461 g/mol. The molecule has 1 amide bonds. The molecule has 0 saturated heterocycles. The third-order valence-electron chi connectivity index (χ3n) is 4.16. The van der Waals surface area contributed by atoms with Crippen LogP contribution in [0, 0.1) is 5.82 Å². The van der Waals surface area contributed by atoms with E-state index in [9.17, 15) is 9.18 Å². The van der Waals surface area contributed by atoms with Crippen molar-refractivity contribution in [2.45, 2.75) is 13.3 Å². The summed E-state index contributed by atoms with van der Waals surface area (Å²) >= 11 is 12.0. The Kier molecular flexibility index (Phi) is 6.15. The quantitative estimate of drug-likeness (QED) is 0.445. The molecular formula is C20H15Cl2FN6O2. The first-order chi connectivity index (χ1) is 15.0. The molecule has 2 aromatic carbocycles. The lowest BCUT2D eigenvalue weighted by molar-refractivity contribution is 0.101. The fourth-order valence-corrected chi connectivity index (χ4v) is 3.00. The highest BCUT2D eigenvalue weighted by atomic mass is 35.5. The third-order valence-corrected chi connectivity index (χ3v) is 4.96. The number of hydrogen-bond acceptors (Lipinski definition) is 5. The van der Waals surface area contributed by atoms with E-state index in [4.69, 9.17) is 27.9 Å². The maximum Gasteiger partial charge on any atom is 0.278 e. The molecule has 31 heavy (non-hydrogen) atoms. The van der Waals surface area contributed by atoms with E-state index >= 15 is 0 Å². The topological polar surface area (TPSA) is 86.9 Å². The maximum absolute atomic E-state index is 13.0. The Morgan fingerprint density at radius 3 is 2.68 bits per heavy atom. The molecule has 0 aliphatic carbocycles. The van der Waals surface area contributed by atoms with E-state index in [1.54, 1.807) is 36.5 Å². The SMILES string of the molecule is O=C(Nc1ncn(Cc2ccc(F)cc2)n1)c1ccn(COc2cccc(Cl)c2Cl)n1. The van der Waals surface area contributed by atoms with Gasteiger partial charge in [-0.15, -0.1) is 5.10 Å². The molecule has 0 unspecified atom stereocenters. The number of benzene rings is 2. The Hall–Kier alpha value is -3.43. The lowest BCUT2D eigenvalue weighted by atomic mass is 10.2. The van der Waals surface area contributed by atoms with Gasteiger partial charge in [-0.05, 0) is 35.9 Å². The number of nitrogens with zero attached hydrogens (tertiary/aromatic N) is 5. The van der Waals surface area contributed by atoms with E-state index in [1.807, 2.05) is 0 Å². The highest BCUT2D eigenvalue weighted by molar-refractivity contribution is 6.42. The van der Waals surface area contributed by atoms with E-state index in [0.29, 0.717) is 22.3 Å². The molecule has 0 fully saturated rings. The number of carbonyl (C=O) groups is 1. The zero-order chi connectivity index (χ0) is 21.8. The van der Waals surface area contributed by atoms with Crippen LogP contribution >= 0.6 is 23.2 Å². The number of anilines is 1. The van der Waals surface area contributed by atoms with Gasteiger partial charge in [-0.2, -0.15) is 5.10 Å². The molecule has 0 spiro atoms. The van der Waals surface area contributed by atoms with Gasteiger partial charge in [0.15, 0.2) is 12.4 Å². The number of amides is 1. The van der Waals surface area contributed by atoms with Crippen molar-refractivity contribution in [1.29, 1.82) is 0 Å². The van der Waals surface area contributed by atoms with Gasteiger partial charge >= 0.3 is 0 Å². The third kappa shape index (κ3) is 5.19. The molecule has 4 aromatic rings. The van der Waals surface area contributed by atoms with E-state index in [1.165, 1.54) is 33.9 Å². The molecule has 0 atom stereocenters. The van der Waals surface area contributed by atoms with Crippen LogP contribution in [-0.2, 0) is 13.3 Å². The Balaban J connectivity index is 1.34. The first-order valence-electron chi connectivity index (χ1n) is 9.03. The summed E-state index contributed by atoms with van der Waals surface area (Å²) in [5.74, 6) is -0.245. The van der Waals surface area contributed by atoms with Gasteiger partial charge in [0, 0.05) is 6.20 Å². The van der Waals surface area contributed by atoms with E-state index in [-0.39, 0.29) is 24.2 Å². The second-order valence-electron chi connectivity index (χ2n) is 6.41. The van der Waals surface area contributed by atoms with Crippen molar-refractivity contribution in [3.8, 4) is 5.75 Å². The zero-order valence-corrected chi connectivity index (χ0v) is 17.4. The van der Waals surface area contributed by atoms with Gasteiger partial charge in [-0.1, -0.05) is 41.4 Å². The van der Waals surface area contributed by atoms with Gasteiger partial charge in [0.05, 0.1) is 11.6 Å². The molecule has 8 nitrogen and oxygen atoms in total. The van der Waals surface area contributed by atoms with Crippen molar-refractivity contribution >= 4 is 35.1 Å². The molecule has 11 heteroatoms. The summed E-state index contributed by atoms with van der Waals surface area (Å²) in [4.78, 5) is 16.5. The van der Waals surface area contributed by atoms with E-state index < -0.39 is 5.91 Å². The van der Waals surface area contributed by atoms with Crippen LogP contribution in [0.3, 0.4) is 0 Å². The number of halogens is 3. The minimum Gasteiger partial charge on any atom is -0.470 e. The van der Waals surface area contributed by atoms with Crippen molar-refractivity contribution in [2.75, 3.05) is 5.32 Å². The number of hydrogen-bond donors (Lipinski definition) is 1. The first-order valence-corrected chi connectivity index (χ1v) is 9.79. The molecule has 4 rings (SSSR count).